The van der Waals surface area contributed by atoms with Gasteiger partial charge in [0.1, 0.15) is 22.6 Å². The Morgan fingerprint density at radius 3 is 0.775 bits per heavy atom. The molecule has 0 fully saturated rings. The highest BCUT2D eigenvalue weighted by molar-refractivity contribution is 7.61. The van der Waals surface area contributed by atoms with Crippen LogP contribution < -0.4 is 21.2 Å². The summed E-state index contributed by atoms with van der Waals surface area (Å²) in [6.07, 6.45) is 0. The predicted octanol–water partition coefficient (Wildman–Crippen LogP) is 8.75. The number of nitrogens with zero attached hydrogens (tertiary/aromatic N) is 6. The molecule has 24 heteroatoms. The van der Waals surface area contributed by atoms with Gasteiger partial charge in [-0.3, -0.25) is 18.3 Å². The largest absolute Gasteiger partial charge is 0.356 e. The molecule has 0 saturated heterocycles. The molecule has 8 aromatic carbocycles. The molecule has 20 nitrogen and oxygen atoms in total. The van der Waals surface area contributed by atoms with Gasteiger partial charge < -0.3 is 49.1 Å². The van der Waals surface area contributed by atoms with Crippen molar-refractivity contribution in [2.45, 2.75) is 0 Å². The summed E-state index contributed by atoms with van der Waals surface area (Å²) in [5.41, 5.74) is 9.06. The first-order valence-corrected chi connectivity index (χ1v) is 30.6. The van der Waals surface area contributed by atoms with E-state index in [0.29, 0.717) is 111 Å². The molecular formula is C56H38N8O12P4. The van der Waals surface area contributed by atoms with Crippen LogP contribution in [0.5, 0.6) is 0 Å². The van der Waals surface area contributed by atoms with Gasteiger partial charge in [0.05, 0.1) is 21.2 Å². The van der Waals surface area contributed by atoms with E-state index in [-0.39, 0.29) is 44.5 Å². The van der Waals surface area contributed by atoms with E-state index in [0.717, 1.165) is 0 Å². The Labute approximate surface area is 451 Å². The summed E-state index contributed by atoms with van der Waals surface area (Å²) in [7, 11) is -18.1. The van der Waals surface area contributed by atoms with E-state index in [4.69, 9.17) is 29.9 Å². The third-order valence-corrected chi connectivity index (χ3v) is 17.9. The van der Waals surface area contributed by atoms with Crippen LogP contribution in [0.25, 0.3) is 134 Å². The van der Waals surface area contributed by atoms with Gasteiger partial charge in [-0.1, -0.05) is 72.8 Å². The topological polar surface area (TPSA) is 339 Å². The Bertz CT molecular complexity index is 4520. The number of benzene rings is 8. The number of hydrogen-bond acceptors (Lipinski definition) is 10. The molecule has 0 radical (unpaired) electrons. The first-order chi connectivity index (χ1) is 38.1. The van der Waals surface area contributed by atoms with E-state index in [2.05, 4.69) is 9.97 Å². The number of aromatic amines is 2. The van der Waals surface area contributed by atoms with Crippen molar-refractivity contribution in [2.24, 2.45) is 0 Å². The van der Waals surface area contributed by atoms with Crippen molar-refractivity contribution in [3.05, 3.63) is 170 Å². The number of aromatic nitrogens is 8. The van der Waals surface area contributed by atoms with E-state index in [9.17, 15) is 57.4 Å². The molecule has 8 bridgehead atoms. The van der Waals surface area contributed by atoms with E-state index in [1.807, 2.05) is 72.8 Å². The van der Waals surface area contributed by atoms with Crippen LogP contribution in [0.2, 0.25) is 0 Å². The van der Waals surface area contributed by atoms with Crippen molar-refractivity contribution in [3.8, 4) is 90.1 Å². The van der Waals surface area contributed by atoms with Gasteiger partial charge in [0.15, 0.2) is 23.3 Å². The molecule has 2 aliphatic rings. The lowest BCUT2D eigenvalue weighted by atomic mass is 9.99. The number of fused-ring (bicyclic) bond motifs is 20. The Balaban J connectivity index is 1.09. The van der Waals surface area contributed by atoms with Crippen molar-refractivity contribution in [3.63, 3.8) is 0 Å². The summed E-state index contributed by atoms with van der Waals surface area (Å²) in [6.45, 7) is 0. The van der Waals surface area contributed by atoms with Crippen LogP contribution in [-0.4, -0.2) is 79.0 Å². The maximum absolute atomic E-state index is 12.1. The summed E-state index contributed by atoms with van der Waals surface area (Å²) in [5.74, 6) is 1.02. The number of H-pyrrole nitrogens is 2. The minimum absolute atomic E-state index is 0.134. The minimum atomic E-state index is -4.52. The molecule has 5 heterocycles. The fraction of sp³-hybridized carbons (Fsp3) is 0. The van der Waals surface area contributed by atoms with Crippen molar-refractivity contribution < 1.29 is 57.4 Å². The summed E-state index contributed by atoms with van der Waals surface area (Å²) in [5, 5.41) is 1.89. The maximum Gasteiger partial charge on any atom is 0.356 e. The Kier molecular flexibility index (Phi) is 11.9. The molecule has 3 aromatic heterocycles. The van der Waals surface area contributed by atoms with Crippen LogP contribution in [0.1, 0.15) is 0 Å². The van der Waals surface area contributed by atoms with E-state index < -0.39 is 30.4 Å². The van der Waals surface area contributed by atoms with E-state index >= 15 is 0 Å². The van der Waals surface area contributed by atoms with Gasteiger partial charge in [-0.2, -0.15) is 0 Å². The van der Waals surface area contributed by atoms with Crippen molar-refractivity contribution >= 4 is 95.7 Å². The zero-order valence-electron chi connectivity index (χ0n) is 40.8. The lowest BCUT2D eigenvalue weighted by Crippen LogP contribution is -2.02. The second kappa shape index (κ2) is 18.7. The van der Waals surface area contributed by atoms with Crippen LogP contribution in [0.3, 0.4) is 0 Å². The lowest BCUT2D eigenvalue weighted by molar-refractivity contribution is 0.385. The monoisotopic (exact) mass is 1140 g/mol. The molecule has 2 aliphatic heterocycles. The maximum atomic E-state index is 12.1. The highest BCUT2D eigenvalue weighted by Gasteiger charge is 2.26. The van der Waals surface area contributed by atoms with Crippen LogP contribution in [0.4, 0.5) is 0 Å². The zero-order chi connectivity index (χ0) is 55.6. The number of rotatable bonds is 8. The quantitative estimate of drug-likeness (QED) is 0.0635. The first-order valence-electron chi connectivity index (χ1n) is 24.1. The summed E-state index contributed by atoms with van der Waals surface area (Å²) >= 11 is 0. The molecular weight excluding hydrogens is 1100 g/mol. The molecule has 0 amide bonds. The average molecular weight is 1140 g/mol. The molecule has 80 heavy (non-hydrogen) atoms. The first kappa shape index (κ1) is 51.2. The third kappa shape index (κ3) is 9.34. The van der Waals surface area contributed by atoms with E-state index in [1.165, 1.54) is 48.5 Å². The molecule has 11 aromatic rings. The number of hydrogen-bond donors (Lipinski definition) is 10. The van der Waals surface area contributed by atoms with Gasteiger partial charge in [0, 0.05) is 43.8 Å². The van der Waals surface area contributed by atoms with Gasteiger partial charge in [0.2, 0.25) is 0 Å². The Morgan fingerprint density at radius 1 is 0.250 bits per heavy atom. The highest BCUT2D eigenvalue weighted by Crippen LogP contribution is 2.43. The molecule has 0 aliphatic carbocycles. The molecule has 0 unspecified atom stereocenters. The SMILES string of the molecule is O=P(O)(O)c1ccc(-c2ccc3c(c2)-c2nc-3nc3[nH]c(nc4nc(nc5[nH]c(n2)c2ccc(-c6ccc(P(=O)(O)O)cc6)cc52)-c2ccc(-c5ccc(P(=O)(O)O)cc5)cc2-4)c2ccc(-c4ccc(P(=O)(O)O)cc4)cc32)cc1. The van der Waals surface area contributed by atoms with Crippen LogP contribution >= 0.6 is 30.4 Å². The van der Waals surface area contributed by atoms with Gasteiger partial charge >= 0.3 is 30.4 Å². The summed E-state index contributed by atoms with van der Waals surface area (Å²) in [6, 6.07) is 46.2. The highest BCUT2D eigenvalue weighted by atomic mass is 31.2. The molecule has 0 spiro atoms. The fourth-order valence-corrected chi connectivity index (χ4v) is 12.1. The molecule has 0 saturated carbocycles. The smallest absolute Gasteiger partial charge is 0.324 e. The van der Waals surface area contributed by atoms with Gasteiger partial charge in [-0.25, -0.2) is 29.9 Å². The second-order valence-corrected chi connectivity index (χ2v) is 25.4. The predicted molar refractivity (Wildman–Crippen MR) is 305 cm³/mol. The number of nitrogens with one attached hydrogen (secondary N) is 2. The van der Waals surface area contributed by atoms with Crippen LogP contribution in [0.15, 0.2) is 170 Å². The lowest BCUT2D eigenvalue weighted by Gasteiger charge is -2.08. The van der Waals surface area contributed by atoms with Crippen molar-refractivity contribution in [1.29, 1.82) is 0 Å². The van der Waals surface area contributed by atoms with Crippen LogP contribution in [-0.2, 0) is 18.3 Å². The molecule has 394 valence electrons. The van der Waals surface area contributed by atoms with Gasteiger partial charge in [-0.15, -0.1) is 0 Å². The normalized spacial score (nSPS) is 12.7. The summed E-state index contributed by atoms with van der Waals surface area (Å²) < 4.78 is 48.4. The molecule has 13 rings (SSSR count). The van der Waals surface area contributed by atoms with Crippen LogP contribution in [0, 0.1) is 0 Å². The standard InChI is InChI=1S/C56H38N8O12P4/c65-77(66,67)37-13-1-29(2-14-37)33-9-21-41-45(25-33)53-57-49(41)62-54-47-27-35(31-5-17-39(18-6-31)79(71,72)73)11-23-43(47)51(59-54)64-56-48-28-36(32-7-19-40(20-8-32)80(74,75)76)12-24-44(48)52(60-56)63-55-46-26-34(10-22-42(46)50(58-55)61-53)30-3-15-38(16-4-30)78(68,69)70/h1-28H,(H2,65,66,67)(H2,68,69,70)(H2,71,72,73)(H2,74,75,76)(H2,57,58,59,60,61,62,63,64). The zero-order valence-corrected chi connectivity index (χ0v) is 44.4. The minimum Gasteiger partial charge on any atom is -0.324 e. The average Bonchev–Trinajstić information content (AvgIpc) is 4.30. The molecule has 10 N–H and O–H groups in total. The van der Waals surface area contributed by atoms with E-state index in [1.54, 1.807) is 48.5 Å². The van der Waals surface area contributed by atoms with Crippen molar-refractivity contribution in [1.82, 2.24) is 39.9 Å². The van der Waals surface area contributed by atoms with Gasteiger partial charge in [-0.05, 0) is 142 Å². The second-order valence-electron chi connectivity index (χ2n) is 19.0. The fourth-order valence-electron chi connectivity index (χ4n) is 9.90. The van der Waals surface area contributed by atoms with Crippen molar-refractivity contribution in [2.75, 3.05) is 0 Å². The Morgan fingerprint density at radius 2 is 0.487 bits per heavy atom. The van der Waals surface area contributed by atoms with Gasteiger partial charge in [0.25, 0.3) is 0 Å². The Hall–Kier alpha value is -8.28. The molecule has 0 atom stereocenters. The third-order valence-electron chi connectivity index (χ3n) is 14.0. The summed E-state index contributed by atoms with van der Waals surface area (Å²) in [4.78, 5) is 116.